The molecule has 2 fully saturated rings. The number of methoxy groups -OCH3 is 1. The number of benzene rings is 1. The largest absolute Gasteiger partial charge is 0.384 e. The molecule has 0 saturated carbocycles. The van der Waals surface area contributed by atoms with Crippen molar-refractivity contribution < 1.29 is 23.1 Å². The van der Waals surface area contributed by atoms with Crippen molar-refractivity contribution in [3.05, 3.63) is 35.4 Å². The van der Waals surface area contributed by atoms with Crippen LogP contribution in [-0.4, -0.2) is 55.0 Å². The lowest BCUT2D eigenvalue weighted by Gasteiger charge is -2.39. The zero-order chi connectivity index (χ0) is 18.7. The molecule has 2 aliphatic heterocycles. The molecular formula is C19H24F2N2O3. The van der Waals surface area contributed by atoms with E-state index in [1.807, 2.05) is 0 Å². The van der Waals surface area contributed by atoms with Crippen molar-refractivity contribution in [1.82, 2.24) is 9.80 Å². The van der Waals surface area contributed by atoms with Crippen LogP contribution in [0.3, 0.4) is 0 Å². The van der Waals surface area contributed by atoms with E-state index in [9.17, 15) is 18.4 Å². The van der Waals surface area contributed by atoms with E-state index in [-0.39, 0.29) is 18.4 Å². The molecule has 0 unspecified atom stereocenters. The standard InChI is InChI=1S/C19H24F2N2O3/c1-26-10-5-17(24)23-9-7-19(13-23)6-2-8-22(18(19)25)12-14-3-4-15(20)16(21)11-14/h3-4,11H,2,5-10,12-13H2,1H3/t19-/m1/s1. The monoisotopic (exact) mass is 366 g/mol. The summed E-state index contributed by atoms with van der Waals surface area (Å²) in [7, 11) is 1.56. The lowest BCUT2D eigenvalue weighted by molar-refractivity contribution is -0.146. The zero-order valence-electron chi connectivity index (χ0n) is 15.0. The Morgan fingerprint density at radius 3 is 2.77 bits per heavy atom. The van der Waals surface area contributed by atoms with E-state index in [2.05, 4.69) is 0 Å². The second-order valence-electron chi connectivity index (χ2n) is 7.17. The SMILES string of the molecule is COCCC(=O)N1CC[C@]2(CCCN(Cc3ccc(F)c(F)c3)C2=O)C1. The van der Waals surface area contributed by atoms with Gasteiger partial charge in [0.25, 0.3) is 0 Å². The van der Waals surface area contributed by atoms with Crippen LogP contribution in [0.4, 0.5) is 8.78 Å². The predicted molar refractivity (Wildman–Crippen MR) is 91.1 cm³/mol. The van der Waals surface area contributed by atoms with E-state index < -0.39 is 17.0 Å². The van der Waals surface area contributed by atoms with Crippen LogP contribution in [0.15, 0.2) is 18.2 Å². The molecule has 0 bridgehead atoms. The lowest BCUT2D eigenvalue weighted by atomic mass is 9.78. The summed E-state index contributed by atoms with van der Waals surface area (Å²) in [6, 6.07) is 3.72. The lowest BCUT2D eigenvalue weighted by Crippen LogP contribution is -2.50. The normalized spacial score (nSPS) is 23.1. The van der Waals surface area contributed by atoms with E-state index in [0.29, 0.717) is 44.6 Å². The van der Waals surface area contributed by atoms with Crippen LogP contribution in [0.2, 0.25) is 0 Å². The van der Waals surface area contributed by atoms with Crippen molar-refractivity contribution >= 4 is 11.8 Å². The van der Waals surface area contributed by atoms with Gasteiger partial charge in [-0.2, -0.15) is 0 Å². The average Bonchev–Trinajstić information content (AvgIpc) is 3.05. The van der Waals surface area contributed by atoms with Crippen molar-refractivity contribution in [2.24, 2.45) is 5.41 Å². The Morgan fingerprint density at radius 1 is 1.23 bits per heavy atom. The van der Waals surface area contributed by atoms with E-state index in [1.54, 1.807) is 16.9 Å². The first-order valence-corrected chi connectivity index (χ1v) is 8.95. The van der Waals surface area contributed by atoms with Gasteiger partial charge < -0.3 is 14.5 Å². The molecule has 0 aromatic heterocycles. The molecule has 2 heterocycles. The maximum Gasteiger partial charge on any atom is 0.230 e. The van der Waals surface area contributed by atoms with Crippen LogP contribution in [-0.2, 0) is 20.9 Å². The molecule has 2 amide bonds. The van der Waals surface area contributed by atoms with Crippen molar-refractivity contribution in [3.63, 3.8) is 0 Å². The number of carbonyl (C=O) groups excluding carboxylic acids is 2. The fourth-order valence-electron chi connectivity index (χ4n) is 3.97. The first-order chi connectivity index (χ1) is 12.4. The van der Waals surface area contributed by atoms with E-state index in [1.165, 1.54) is 6.07 Å². The van der Waals surface area contributed by atoms with E-state index in [4.69, 9.17) is 4.74 Å². The minimum Gasteiger partial charge on any atom is -0.384 e. The number of hydrogen-bond donors (Lipinski definition) is 0. The van der Waals surface area contributed by atoms with Gasteiger partial charge in [-0.15, -0.1) is 0 Å². The Balaban J connectivity index is 1.67. The van der Waals surface area contributed by atoms with Gasteiger partial charge in [-0.3, -0.25) is 9.59 Å². The highest BCUT2D eigenvalue weighted by Crippen LogP contribution is 2.40. The molecule has 1 atom stereocenters. The quantitative estimate of drug-likeness (QED) is 0.804. The molecule has 142 valence electrons. The van der Waals surface area contributed by atoms with Gasteiger partial charge in [0.05, 0.1) is 18.4 Å². The third-order valence-electron chi connectivity index (χ3n) is 5.41. The molecular weight excluding hydrogens is 342 g/mol. The molecule has 7 heteroatoms. The second-order valence-corrected chi connectivity index (χ2v) is 7.17. The average molecular weight is 366 g/mol. The second kappa shape index (κ2) is 7.70. The van der Waals surface area contributed by atoms with Crippen LogP contribution >= 0.6 is 0 Å². The number of nitrogens with zero attached hydrogens (tertiary/aromatic N) is 2. The topological polar surface area (TPSA) is 49.9 Å². The van der Waals surface area contributed by atoms with Gasteiger partial charge in [-0.1, -0.05) is 6.07 Å². The van der Waals surface area contributed by atoms with Crippen molar-refractivity contribution in [1.29, 1.82) is 0 Å². The summed E-state index contributed by atoms with van der Waals surface area (Å²) in [4.78, 5) is 28.8. The molecule has 1 spiro atoms. The van der Waals surface area contributed by atoms with Gasteiger partial charge in [0.1, 0.15) is 0 Å². The number of likely N-dealkylation sites (tertiary alicyclic amines) is 2. The van der Waals surface area contributed by atoms with Crippen LogP contribution in [0.1, 0.15) is 31.2 Å². The fourth-order valence-corrected chi connectivity index (χ4v) is 3.97. The maximum atomic E-state index is 13.4. The summed E-state index contributed by atoms with van der Waals surface area (Å²) in [6.07, 6.45) is 2.57. The molecule has 3 rings (SSSR count). The van der Waals surface area contributed by atoms with Gasteiger partial charge in [-0.25, -0.2) is 8.78 Å². The molecule has 2 saturated heterocycles. The van der Waals surface area contributed by atoms with Crippen molar-refractivity contribution in [3.8, 4) is 0 Å². The Bertz CT molecular complexity index is 697. The number of piperidine rings is 1. The van der Waals surface area contributed by atoms with Crippen LogP contribution in [0.25, 0.3) is 0 Å². The Kier molecular flexibility index (Phi) is 5.55. The van der Waals surface area contributed by atoms with Gasteiger partial charge in [0.2, 0.25) is 11.8 Å². The molecule has 1 aromatic rings. The first-order valence-electron chi connectivity index (χ1n) is 8.95. The Hall–Kier alpha value is -2.02. The summed E-state index contributed by atoms with van der Waals surface area (Å²) in [5, 5.41) is 0. The van der Waals surface area contributed by atoms with E-state index >= 15 is 0 Å². The van der Waals surface area contributed by atoms with Crippen LogP contribution < -0.4 is 0 Å². The highest BCUT2D eigenvalue weighted by atomic mass is 19.2. The van der Waals surface area contributed by atoms with E-state index in [0.717, 1.165) is 25.0 Å². The Morgan fingerprint density at radius 2 is 2.04 bits per heavy atom. The summed E-state index contributed by atoms with van der Waals surface area (Å²) in [6.45, 7) is 2.24. The summed E-state index contributed by atoms with van der Waals surface area (Å²) < 4.78 is 31.5. The van der Waals surface area contributed by atoms with Crippen LogP contribution in [0, 0.1) is 17.0 Å². The number of ether oxygens (including phenoxy) is 1. The number of hydrogen-bond acceptors (Lipinski definition) is 3. The molecule has 26 heavy (non-hydrogen) atoms. The predicted octanol–water partition coefficient (Wildman–Crippen LogP) is 2.34. The number of carbonyl (C=O) groups is 2. The third kappa shape index (κ3) is 3.72. The Labute approximate surface area is 151 Å². The highest BCUT2D eigenvalue weighted by molar-refractivity contribution is 5.86. The van der Waals surface area contributed by atoms with Crippen molar-refractivity contribution in [2.45, 2.75) is 32.2 Å². The third-order valence-corrected chi connectivity index (χ3v) is 5.41. The number of amides is 2. The molecule has 5 nitrogen and oxygen atoms in total. The highest BCUT2D eigenvalue weighted by Gasteiger charge is 2.49. The molecule has 0 N–H and O–H groups in total. The van der Waals surface area contributed by atoms with Crippen LogP contribution in [0.5, 0.6) is 0 Å². The minimum atomic E-state index is -0.905. The molecule has 1 aromatic carbocycles. The van der Waals surface area contributed by atoms with Gasteiger partial charge in [0, 0.05) is 33.3 Å². The number of rotatable bonds is 5. The van der Waals surface area contributed by atoms with Gasteiger partial charge in [0.15, 0.2) is 11.6 Å². The molecule has 2 aliphatic rings. The molecule has 0 aliphatic carbocycles. The summed E-state index contributed by atoms with van der Waals surface area (Å²) in [5.74, 6) is -1.78. The van der Waals surface area contributed by atoms with Gasteiger partial charge in [-0.05, 0) is 37.0 Å². The minimum absolute atomic E-state index is 0.00857. The summed E-state index contributed by atoms with van der Waals surface area (Å²) >= 11 is 0. The summed E-state index contributed by atoms with van der Waals surface area (Å²) in [5.41, 5.74) is 0.0276. The molecule has 0 radical (unpaired) electrons. The first kappa shape index (κ1) is 18.8. The number of halogens is 2. The van der Waals surface area contributed by atoms with Crippen molar-refractivity contribution in [2.75, 3.05) is 33.4 Å². The zero-order valence-corrected chi connectivity index (χ0v) is 15.0. The smallest absolute Gasteiger partial charge is 0.230 e. The fraction of sp³-hybridized carbons (Fsp3) is 0.579. The van der Waals surface area contributed by atoms with Gasteiger partial charge >= 0.3 is 0 Å². The maximum absolute atomic E-state index is 13.4.